The first-order valence-corrected chi connectivity index (χ1v) is 8.42. The molecular formula is C16H22F3N5O2. The topological polar surface area (TPSA) is 69.2 Å². The Hall–Kier alpha value is -1.94. The van der Waals surface area contributed by atoms with Crippen molar-refractivity contribution in [2.75, 3.05) is 20.7 Å². The van der Waals surface area contributed by atoms with Gasteiger partial charge in [0.05, 0.1) is 6.04 Å². The summed E-state index contributed by atoms with van der Waals surface area (Å²) in [6.07, 6.45) is -1.95. The van der Waals surface area contributed by atoms with E-state index in [0.717, 1.165) is 12.6 Å². The Morgan fingerprint density at radius 3 is 2.88 bits per heavy atom. The number of imidazole rings is 1. The van der Waals surface area contributed by atoms with Crippen LogP contribution in [-0.4, -0.2) is 45.3 Å². The van der Waals surface area contributed by atoms with Crippen molar-refractivity contribution in [3.63, 3.8) is 0 Å². The van der Waals surface area contributed by atoms with Crippen molar-refractivity contribution < 1.29 is 22.4 Å². The van der Waals surface area contributed by atoms with Gasteiger partial charge in [0.2, 0.25) is 5.89 Å². The van der Waals surface area contributed by atoms with Gasteiger partial charge in [-0.1, -0.05) is 5.16 Å². The van der Waals surface area contributed by atoms with Gasteiger partial charge in [0, 0.05) is 32.8 Å². The standard InChI is InChI=1S/C16H22F3N5O2/c1-10(15-21-13(9-25-3)22-26-15)23(2)6-11-4-5-14-20-12(16(17,18)19)8-24(14)7-11/h8,10-11H,4-7,9H2,1-3H3/t10-,11+/m0/s1. The summed E-state index contributed by atoms with van der Waals surface area (Å²) in [7, 11) is 3.50. The molecule has 0 radical (unpaired) electrons. The van der Waals surface area contributed by atoms with E-state index in [1.165, 1.54) is 0 Å². The van der Waals surface area contributed by atoms with Crippen LogP contribution < -0.4 is 0 Å². The molecular weight excluding hydrogens is 351 g/mol. The number of methoxy groups -OCH3 is 1. The number of aryl methyl sites for hydroxylation is 1. The third-order valence-electron chi connectivity index (χ3n) is 4.70. The minimum absolute atomic E-state index is 0.0944. The van der Waals surface area contributed by atoms with E-state index in [4.69, 9.17) is 9.26 Å². The molecule has 0 fully saturated rings. The van der Waals surface area contributed by atoms with Gasteiger partial charge >= 0.3 is 6.18 Å². The first kappa shape index (κ1) is 18.8. The highest BCUT2D eigenvalue weighted by Gasteiger charge is 2.36. The molecule has 0 spiro atoms. The molecule has 3 heterocycles. The van der Waals surface area contributed by atoms with Gasteiger partial charge in [-0.25, -0.2) is 4.98 Å². The molecule has 1 aliphatic rings. The normalized spacial score (nSPS) is 19.0. The molecule has 0 amide bonds. The van der Waals surface area contributed by atoms with Crippen LogP contribution >= 0.6 is 0 Å². The molecule has 3 rings (SSSR count). The number of rotatable bonds is 6. The van der Waals surface area contributed by atoms with Gasteiger partial charge < -0.3 is 13.8 Å². The Morgan fingerprint density at radius 2 is 2.19 bits per heavy atom. The van der Waals surface area contributed by atoms with Crippen molar-refractivity contribution >= 4 is 0 Å². The maximum atomic E-state index is 12.8. The second kappa shape index (κ2) is 7.36. The van der Waals surface area contributed by atoms with E-state index in [0.29, 0.717) is 37.0 Å². The first-order valence-electron chi connectivity index (χ1n) is 8.42. The van der Waals surface area contributed by atoms with Crippen molar-refractivity contribution in [2.24, 2.45) is 5.92 Å². The summed E-state index contributed by atoms with van der Waals surface area (Å²) in [5.41, 5.74) is -0.814. The average molecular weight is 373 g/mol. The van der Waals surface area contributed by atoms with Gasteiger partial charge in [-0.05, 0) is 26.3 Å². The van der Waals surface area contributed by atoms with Gasteiger partial charge in [0.15, 0.2) is 11.5 Å². The lowest BCUT2D eigenvalue weighted by Gasteiger charge is -2.30. The fourth-order valence-electron chi connectivity index (χ4n) is 3.18. The van der Waals surface area contributed by atoms with Crippen LogP contribution in [0.5, 0.6) is 0 Å². The third-order valence-corrected chi connectivity index (χ3v) is 4.70. The Labute approximate surface area is 149 Å². The number of hydrogen-bond acceptors (Lipinski definition) is 6. The highest BCUT2D eigenvalue weighted by Crippen LogP contribution is 2.31. The van der Waals surface area contributed by atoms with Crippen LogP contribution in [0.2, 0.25) is 0 Å². The summed E-state index contributed by atoms with van der Waals surface area (Å²) in [4.78, 5) is 10.1. The highest BCUT2D eigenvalue weighted by atomic mass is 19.4. The highest BCUT2D eigenvalue weighted by molar-refractivity contribution is 5.10. The van der Waals surface area contributed by atoms with E-state index >= 15 is 0 Å². The van der Waals surface area contributed by atoms with Crippen molar-refractivity contribution in [2.45, 2.75) is 45.1 Å². The monoisotopic (exact) mass is 373 g/mol. The van der Waals surface area contributed by atoms with Crippen LogP contribution in [0.15, 0.2) is 10.7 Å². The average Bonchev–Trinajstić information content (AvgIpc) is 3.20. The molecule has 0 aromatic carbocycles. The Morgan fingerprint density at radius 1 is 1.42 bits per heavy atom. The Kier molecular flexibility index (Phi) is 5.33. The predicted octanol–water partition coefficient (Wildman–Crippen LogP) is 2.69. The SMILES string of the molecule is COCc1noc([C@H](C)N(C)C[C@H]2CCc3nc(C(F)(F)F)cn3C2)n1. The van der Waals surface area contributed by atoms with E-state index in [2.05, 4.69) is 20.0 Å². The first-order chi connectivity index (χ1) is 12.3. The molecule has 0 unspecified atom stereocenters. The largest absolute Gasteiger partial charge is 0.434 e. The molecule has 0 N–H and O–H groups in total. The molecule has 1 aliphatic heterocycles. The van der Waals surface area contributed by atoms with Crippen LogP contribution in [0.4, 0.5) is 13.2 Å². The number of hydrogen-bond donors (Lipinski definition) is 0. The van der Waals surface area contributed by atoms with Crippen LogP contribution in [-0.2, 0) is 30.5 Å². The summed E-state index contributed by atoms with van der Waals surface area (Å²) in [6.45, 7) is 3.47. The van der Waals surface area contributed by atoms with E-state index in [9.17, 15) is 13.2 Å². The zero-order chi connectivity index (χ0) is 18.9. The number of aromatic nitrogens is 4. The van der Waals surface area contributed by atoms with Crippen LogP contribution in [0.1, 0.15) is 42.6 Å². The van der Waals surface area contributed by atoms with Crippen molar-refractivity contribution in [3.8, 4) is 0 Å². The molecule has 0 bridgehead atoms. The smallest absolute Gasteiger partial charge is 0.377 e. The zero-order valence-electron chi connectivity index (χ0n) is 15.0. The summed E-state index contributed by atoms with van der Waals surface area (Å²) < 4.78 is 50.3. The van der Waals surface area contributed by atoms with E-state index in [1.807, 2.05) is 14.0 Å². The molecule has 0 saturated heterocycles. The second-order valence-electron chi connectivity index (χ2n) is 6.69. The molecule has 0 saturated carbocycles. The van der Waals surface area contributed by atoms with Gasteiger partial charge in [0.1, 0.15) is 12.4 Å². The zero-order valence-corrected chi connectivity index (χ0v) is 15.0. The molecule has 2 aromatic heterocycles. The van der Waals surface area contributed by atoms with Crippen molar-refractivity contribution in [3.05, 3.63) is 29.4 Å². The minimum atomic E-state index is -4.40. The quantitative estimate of drug-likeness (QED) is 0.776. The summed E-state index contributed by atoms with van der Waals surface area (Å²) >= 11 is 0. The predicted molar refractivity (Wildman–Crippen MR) is 85.1 cm³/mol. The Balaban J connectivity index is 1.61. The van der Waals surface area contributed by atoms with E-state index < -0.39 is 11.9 Å². The maximum absolute atomic E-state index is 12.8. The molecule has 26 heavy (non-hydrogen) atoms. The maximum Gasteiger partial charge on any atom is 0.434 e. The Bertz CT molecular complexity index is 743. The lowest BCUT2D eigenvalue weighted by atomic mass is 9.98. The van der Waals surface area contributed by atoms with Gasteiger partial charge in [-0.3, -0.25) is 4.90 Å². The van der Waals surface area contributed by atoms with Crippen LogP contribution in [0, 0.1) is 5.92 Å². The van der Waals surface area contributed by atoms with Gasteiger partial charge in [-0.15, -0.1) is 0 Å². The third kappa shape index (κ3) is 4.07. The molecule has 10 heteroatoms. The van der Waals surface area contributed by atoms with Crippen molar-refractivity contribution in [1.82, 2.24) is 24.6 Å². The number of alkyl halides is 3. The molecule has 2 atom stereocenters. The minimum Gasteiger partial charge on any atom is -0.377 e. The van der Waals surface area contributed by atoms with E-state index in [1.54, 1.807) is 11.7 Å². The number of fused-ring (bicyclic) bond motifs is 1. The fourth-order valence-corrected chi connectivity index (χ4v) is 3.18. The number of ether oxygens (including phenoxy) is 1. The summed E-state index contributed by atoms with van der Waals surface area (Å²) in [5.74, 6) is 1.72. The van der Waals surface area contributed by atoms with Crippen molar-refractivity contribution in [1.29, 1.82) is 0 Å². The number of halogens is 3. The van der Waals surface area contributed by atoms with E-state index in [-0.39, 0.29) is 18.6 Å². The summed E-state index contributed by atoms with van der Waals surface area (Å²) in [5, 5.41) is 3.86. The summed E-state index contributed by atoms with van der Waals surface area (Å²) in [6, 6.07) is -0.0944. The fraction of sp³-hybridized carbons (Fsp3) is 0.688. The van der Waals surface area contributed by atoms with Crippen LogP contribution in [0.3, 0.4) is 0 Å². The second-order valence-corrected chi connectivity index (χ2v) is 6.69. The molecule has 7 nitrogen and oxygen atoms in total. The van der Waals surface area contributed by atoms with Crippen LogP contribution in [0.25, 0.3) is 0 Å². The van der Waals surface area contributed by atoms with Gasteiger partial charge in [0.25, 0.3) is 0 Å². The molecule has 2 aromatic rings. The lowest BCUT2D eigenvalue weighted by molar-refractivity contribution is -0.141. The number of nitrogens with zero attached hydrogens (tertiary/aromatic N) is 5. The van der Waals surface area contributed by atoms with Gasteiger partial charge in [-0.2, -0.15) is 18.2 Å². The molecule has 0 aliphatic carbocycles. The lowest BCUT2D eigenvalue weighted by Crippen LogP contribution is -2.33. The molecule has 144 valence electrons.